The second-order valence-corrected chi connectivity index (χ2v) is 9.40. The fraction of sp³-hybridized carbons (Fsp3) is 0.762. The molecule has 12 nitrogen and oxygen atoms in total. The van der Waals surface area contributed by atoms with Crippen molar-refractivity contribution in [2.45, 2.75) is 58.0 Å². The summed E-state index contributed by atoms with van der Waals surface area (Å²) in [5, 5.41) is 14.1. The maximum Gasteiger partial charge on any atom is 0.305 e. The molecule has 2 amide bonds. The first kappa shape index (κ1) is 29.8. The predicted molar refractivity (Wildman–Crippen MR) is 121 cm³/mol. The van der Waals surface area contributed by atoms with Gasteiger partial charge in [-0.05, 0) is 0 Å². The van der Waals surface area contributed by atoms with E-state index in [4.69, 9.17) is 19.3 Å². The maximum absolute atomic E-state index is 12.7. The van der Waals surface area contributed by atoms with Gasteiger partial charge in [0.2, 0.25) is 11.8 Å². The highest BCUT2D eigenvalue weighted by Crippen LogP contribution is 2.38. The average Bonchev–Trinajstić information content (AvgIpc) is 2.79. The molecule has 13 heteroatoms. The van der Waals surface area contributed by atoms with Crippen molar-refractivity contribution in [3.63, 3.8) is 0 Å². The number of hydrogen-bond donors (Lipinski definition) is 3. The molecule has 0 spiro atoms. The Balaban J connectivity index is 2.39. The minimum Gasteiger partial charge on any atom is -0.481 e. The van der Waals surface area contributed by atoms with Crippen molar-refractivity contribution in [3.8, 4) is 0 Å². The van der Waals surface area contributed by atoms with Crippen molar-refractivity contribution in [1.82, 2.24) is 10.6 Å². The molecule has 0 bridgehead atoms. The van der Waals surface area contributed by atoms with Gasteiger partial charge in [-0.2, -0.15) is 0 Å². The molecule has 0 aromatic heterocycles. The van der Waals surface area contributed by atoms with Crippen LogP contribution in [0.15, 0.2) is 0 Å². The number of rotatable bonds is 14. The minimum absolute atomic E-state index is 0.0186. The van der Waals surface area contributed by atoms with E-state index >= 15 is 0 Å². The van der Waals surface area contributed by atoms with Gasteiger partial charge in [-0.1, -0.05) is 25.6 Å². The maximum atomic E-state index is 12.7. The molecule has 2 atom stereocenters. The number of thioether (sulfide) groups is 1. The summed E-state index contributed by atoms with van der Waals surface area (Å²) in [6, 6.07) is 0. The smallest absolute Gasteiger partial charge is 0.305 e. The van der Waals surface area contributed by atoms with Crippen molar-refractivity contribution in [2.75, 3.05) is 39.7 Å². The molecule has 194 valence electrons. The molecule has 1 aliphatic rings. The zero-order valence-corrected chi connectivity index (χ0v) is 20.8. The van der Waals surface area contributed by atoms with Gasteiger partial charge in [0.05, 0.1) is 26.6 Å². The molecule has 3 N–H and O–H groups in total. The number of carboxylic acids is 1. The second kappa shape index (κ2) is 14.2. The summed E-state index contributed by atoms with van der Waals surface area (Å²) >= 11 is 1.02. The van der Waals surface area contributed by atoms with Gasteiger partial charge in [0.1, 0.15) is 6.10 Å². The summed E-state index contributed by atoms with van der Waals surface area (Å²) in [6.45, 7) is 3.96. The van der Waals surface area contributed by atoms with Crippen LogP contribution >= 0.6 is 11.8 Å². The number of carboxylic acid groups (broad SMARTS) is 1. The van der Waals surface area contributed by atoms with Gasteiger partial charge in [-0.25, -0.2) is 0 Å². The first-order valence-electron chi connectivity index (χ1n) is 10.8. The normalized spacial score (nSPS) is 21.4. The zero-order valence-electron chi connectivity index (χ0n) is 20.0. The van der Waals surface area contributed by atoms with Crippen molar-refractivity contribution >= 4 is 40.6 Å². The van der Waals surface area contributed by atoms with Crippen molar-refractivity contribution in [1.29, 1.82) is 0 Å². The number of carbonyl (C=O) groups excluding carboxylic acids is 4. The third-order valence-electron chi connectivity index (χ3n) is 4.96. The Morgan fingerprint density at radius 3 is 2.35 bits per heavy atom. The molecule has 0 saturated carbocycles. The Morgan fingerprint density at radius 1 is 1.03 bits per heavy atom. The lowest BCUT2D eigenvalue weighted by molar-refractivity contribution is -0.425. The summed E-state index contributed by atoms with van der Waals surface area (Å²) in [7, 11) is 2.56. The number of esters is 1. The topological polar surface area (TPSA) is 167 Å². The number of nitrogens with one attached hydrogen (secondary N) is 2. The van der Waals surface area contributed by atoms with Crippen LogP contribution < -0.4 is 10.6 Å². The van der Waals surface area contributed by atoms with Gasteiger partial charge in [0, 0.05) is 50.6 Å². The molecule has 34 heavy (non-hydrogen) atoms. The number of ether oxygens (including phenoxy) is 4. The predicted octanol–water partition coefficient (Wildman–Crippen LogP) is 0.429. The Bertz CT molecular complexity index is 745. The molecule has 1 rings (SSSR count). The van der Waals surface area contributed by atoms with E-state index in [9.17, 15) is 24.0 Å². The molecular formula is C21H34N2O10S. The van der Waals surface area contributed by atoms with E-state index in [-0.39, 0.29) is 62.8 Å². The third-order valence-corrected chi connectivity index (χ3v) is 5.90. The molecule has 0 aliphatic carbocycles. The Kier molecular flexibility index (Phi) is 12.5. The summed E-state index contributed by atoms with van der Waals surface area (Å²) in [4.78, 5) is 58.3. The number of carbonyl (C=O) groups is 5. The standard InChI is InChI=1S/C21H34N2O10S/c1-20(2)13-32-21(31-4,9-7-15(25)26)33-18(20)19(29)23-10-8-14(24)22-11-12-34-17(28)6-5-16(27)30-3/h18H,5-13H2,1-4H3,(H,22,24)(H,23,29)(H,25,26)/t18-,21?/m0/s1. The van der Waals surface area contributed by atoms with Gasteiger partial charge in [0.25, 0.3) is 5.97 Å². The summed E-state index contributed by atoms with van der Waals surface area (Å²) in [5.74, 6) is -3.56. The Hall–Kier alpha value is -2.22. The monoisotopic (exact) mass is 506 g/mol. The van der Waals surface area contributed by atoms with Crippen molar-refractivity contribution in [2.24, 2.45) is 5.41 Å². The van der Waals surface area contributed by atoms with E-state index in [1.54, 1.807) is 13.8 Å². The van der Waals surface area contributed by atoms with Crippen LogP contribution in [0.2, 0.25) is 0 Å². The molecule has 1 unspecified atom stereocenters. The van der Waals surface area contributed by atoms with E-state index in [1.165, 1.54) is 14.2 Å². The van der Waals surface area contributed by atoms with Crippen LogP contribution in [0, 0.1) is 5.41 Å². The van der Waals surface area contributed by atoms with Crippen molar-refractivity contribution in [3.05, 3.63) is 0 Å². The molecule has 0 aromatic carbocycles. The summed E-state index contributed by atoms with van der Waals surface area (Å²) < 4.78 is 21.1. The molecule has 0 radical (unpaired) electrons. The second-order valence-electron chi connectivity index (χ2n) is 8.24. The zero-order chi connectivity index (χ0) is 25.8. The van der Waals surface area contributed by atoms with E-state index < -0.39 is 35.3 Å². The lowest BCUT2D eigenvalue weighted by atomic mass is 9.85. The van der Waals surface area contributed by atoms with Crippen LogP contribution in [0.25, 0.3) is 0 Å². The largest absolute Gasteiger partial charge is 0.481 e. The van der Waals surface area contributed by atoms with Gasteiger partial charge < -0.3 is 34.7 Å². The van der Waals surface area contributed by atoms with Crippen LogP contribution in [0.4, 0.5) is 0 Å². The molecule has 1 saturated heterocycles. The molecular weight excluding hydrogens is 472 g/mol. The fourth-order valence-electron chi connectivity index (χ4n) is 2.97. The van der Waals surface area contributed by atoms with Crippen LogP contribution in [-0.4, -0.2) is 85.7 Å². The number of hydrogen-bond acceptors (Lipinski definition) is 10. The summed E-state index contributed by atoms with van der Waals surface area (Å²) in [6.07, 6.45) is -1.23. The van der Waals surface area contributed by atoms with Crippen LogP contribution in [0.1, 0.15) is 46.0 Å². The number of amides is 2. The molecule has 1 heterocycles. The minimum atomic E-state index is -1.64. The lowest BCUT2D eigenvalue weighted by Crippen LogP contribution is -2.59. The summed E-state index contributed by atoms with van der Waals surface area (Å²) in [5.41, 5.74) is -0.713. The SMILES string of the molecule is COC(=O)CCC(=O)SCCNC(=O)CCNC(=O)[C@@H]1OC(CCC(=O)O)(OC)OCC1(C)C. The Morgan fingerprint density at radius 2 is 1.74 bits per heavy atom. The van der Waals surface area contributed by atoms with E-state index in [0.717, 1.165) is 11.8 Å². The third kappa shape index (κ3) is 10.4. The fourth-order valence-corrected chi connectivity index (χ4v) is 3.65. The highest BCUT2D eigenvalue weighted by Gasteiger charge is 2.50. The Labute approximate surface area is 202 Å². The molecule has 1 aliphatic heterocycles. The van der Waals surface area contributed by atoms with Gasteiger partial charge in [-0.3, -0.25) is 24.0 Å². The highest BCUT2D eigenvalue weighted by molar-refractivity contribution is 8.13. The van der Waals surface area contributed by atoms with E-state index in [2.05, 4.69) is 15.4 Å². The van der Waals surface area contributed by atoms with Crippen LogP contribution in [0.3, 0.4) is 0 Å². The molecule has 1 fully saturated rings. The highest BCUT2D eigenvalue weighted by atomic mass is 32.2. The average molecular weight is 507 g/mol. The first-order chi connectivity index (χ1) is 15.9. The first-order valence-corrected chi connectivity index (χ1v) is 11.8. The number of aliphatic carboxylic acids is 1. The number of methoxy groups -OCH3 is 2. The van der Waals surface area contributed by atoms with Crippen LogP contribution in [-0.2, 0) is 42.9 Å². The molecule has 0 aromatic rings. The van der Waals surface area contributed by atoms with Crippen LogP contribution in [0.5, 0.6) is 0 Å². The van der Waals surface area contributed by atoms with Crippen molar-refractivity contribution < 1.29 is 48.0 Å². The quantitative estimate of drug-likeness (QED) is 0.221. The van der Waals surface area contributed by atoms with E-state index in [0.29, 0.717) is 5.75 Å². The van der Waals surface area contributed by atoms with Gasteiger partial charge in [0.15, 0.2) is 5.12 Å². The van der Waals surface area contributed by atoms with Gasteiger partial charge >= 0.3 is 11.9 Å². The van der Waals surface area contributed by atoms with Gasteiger partial charge in [-0.15, -0.1) is 0 Å². The van der Waals surface area contributed by atoms with E-state index in [1.807, 2.05) is 0 Å². The lowest BCUT2D eigenvalue weighted by Gasteiger charge is -2.46.